The maximum Gasteiger partial charge on any atom is 0.238 e. The quantitative estimate of drug-likeness (QED) is 0.273. The first-order chi connectivity index (χ1) is 8.43. The van der Waals surface area contributed by atoms with E-state index in [0.717, 1.165) is 14.6 Å². The lowest BCUT2D eigenvalue weighted by Gasteiger charge is -2.30. The van der Waals surface area contributed by atoms with Gasteiger partial charge in [0.15, 0.2) is 6.21 Å². The van der Waals surface area contributed by atoms with Gasteiger partial charge in [-0.2, -0.15) is 4.74 Å². The van der Waals surface area contributed by atoms with Gasteiger partial charge in [0.05, 0.1) is 5.56 Å². The number of hydrogen-bond donors (Lipinski definition) is 0. The van der Waals surface area contributed by atoms with Crippen LogP contribution in [0.4, 0.5) is 0 Å². The van der Waals surface area contributed by atoms with Gasteiger partial charge in [0.25, 0.3) is 0 Å². The molecule has 0 radical (unpaired) electrons. The highest BCUT2D eigenvalue weighted by Gasteiger charge is 2.48. The Bertz CT molecular complexity index is 487. The molecule has 0 aromatic carbocycles. The molecule has 2 heterocycles. The smallest absolute Gasteiger partial charge is 0.238 e. The molecule has 1 fully saturated rings. The Kier molecular flexibility index (Phi) is 3.59. The van der Waals surface area contributed by atoms with Crippen LogP contribution in [-0.2, 0) is 0 Å². The summed E-state index contributed by atoms with van der Waals surface area (Å²) in [6.07, 6.45) is 4.91. The first kappa shape index (κ1) is 13.3. The van der Waals surface area contributed by atoms with Crippen molar-refractivity contribution in [3.63, 3.8) is 0 Å². The molecule has 1 aromatic rings. The lowest BCUT2D eigenvalue weighted by atomic mass is 10.0. The zero-order valence-electron chi connectivity index (χ0n) is 10.5. The van der Waals surface area contributed by atoms with Crippen LogP contribution in [0.25, 0.3) is 0 Å². The maximum absolute atomic E-state index is 12.2. The fourth-order valence-electron chi connectivity index (χ4n) is 1.75. The van der Waals surface area contributed by atoms with Gasteiger partial charge in [-0.25, -0.2) is 0 Å². The first-order valence-corrected chi connectivity index (χ1v) is 6.86. The zero-order valence-corrected chi connectivity index (χ0v) is 12.2. The molecular weight excluding hydrogens is 266 g/mol. The molecule has 1 aromatic heterocycles. The Balaban J connectivity index is 2.27. The molecule has 0 spiro atoms. The Hall–Kier alpha value is -1.14. The van der Waals surface area contributed by atoms with E-state index in [4.69, 9.17) is 12.2 Å². The Morgan fingerprint density at radius 3 is 2.83 bits per heavy atom. The molecule has 0 N–H and O–H groups in total. The third-order valence-corrected chi connectivity index (χ3v) is 5.19. The summed E-state index contributed by atoms with van der Waals surface area (Å²) in [6.45, 7) is 4.04. The summed E-state index contributed by atoms with van der Waals surface area (Å²) in [5.74, 6) is 0. The van der Waals surface area contributed by atoms with Crippen molar-refractivity contribution in [3.8, 4) is 0 Å². The second-order valence-corrected chi connectivity index (χ2v) is 6.44. The highest BCUT2D eigenvalue weighted by atomic mass is 32.2. The van der Waals surface area contributed by atoms with Crippen molar-refractivity contribution in [2.45, 2.75) is 24.8 Å². The van der Waals surface area contributed by atoms with Crippen LogP contribution in [0.15, 0.2) is 24.5 Å². The van der Waals surface area contributed by atoms with Gasteiger partial charge in [-0.3, -0.25) is 4.98 Å². The molecule has 0 amide bonds. The molecule has 1 saturated heterocycles. The minimum absolute atomic E-state index is 0.241. The van der Waals surface area contributed by atoms with Gasteiger partial charge in [0.2, 0.25) is 5.37 Å². The molecule has 1 atom stereocenters. The average molecular weight is 281 g/mol. The number of pyridine rings is 1. The molecule has 2 rings (SSSR count). The minimum Gasteiger partial charge on any atom is -0.623 e. The predicted molar refractivity (Wildman–Crippen MR) is 78.8 cm³/mol. The van der Waals surface area contributed by atoms with Crippen LogP contribution in [0.3, 0.4) is 0 Å². The van der Waals surface area contributed by atoms with Gasteiger partial charge in [-0.1, -0.05) is 12.2 Å². The molecule has 1 aliphatic rings. The molecule has 0 unspecified atom stereocenters. The van der Waals surface area contributed by atoms with E-state index >= 15 is 0 Å². The van der Waals surface area contributed by atoms with Gasteiger partial charge in [-0.15, -0.1) is 0 Å². The van der Waals surface area contributed by atoms with Gasteiger partial charge in [0.1, 0.15) is 9.86 Å². The van der Waals surface area contributed by atoms with E-state index in [9.17, 15) is 5.21 Å². The van der Waals surface area contributed by atoms with E-state index in [1.54, 1.807) is 18.6 Å². The summed E-state index contributed by atoms with van der Waals surface area (Å²) >= 11 is 6.68. The predicted octanol–water partition coefficient (Wildman–Crippen LogP) is 2.08. The zero-order chi connectivity index (χ0) is 13.3. The fourth-order valence-corrected chi connectivity index (χ4v) is 3.45. The van der Waals surface area contributed by atoms with Crippen molar-refractivity contribution in [3.05, 3.63) is 35.3 Å². The van der Waals surface area contributed by atoms with E-state index in [1.807, 2.05) is 37.9 Å². The second-order valence-electron chi connectivity index (χ2n) is 4.72. The van der Waals surface area contributed by atoms with E-state index in [-0.39, 0.29) is 10.9 Å². The van der Waals surface area contributed by atoms with Crippen molar-refractivity contribution in [2.24, 2.45) is 0 Å². The van der Waals surface area contributed by atoms with E-state index in [1.165, 1.54) is 11.8 Å². The standard InChI is InChI=1S/C12H15N3OS2/c1-12(2)10(18-11(17)14(12)3)15(16)8-9-5-4-6-13-7-9/h4-8,10H,1-3H3/t10-/m1/s1. The SMILES string of the molecule is CN1C(=S)S[C@@H]([N+]([O-])=Cc2cccnc2)C1(C)C. The molecule has 0 aliphatic carbocycles. The Morgan fingerprint density at radius 1 is 1.61 bits per heavy atom. The monoisotopic (exact) mass is 281 g/mol. The summed E-state index contributed by atoms with van der Waals surface area (Å²) < 4.78 is 1.72. The number of likely N-dealkylation sites (N-methyl/N-ethyl adjacent to an activating group) is 1. The number of rotatable bonds is 2. The summed E-state index contributed by atoms with van der Waals surface area (Å²) in [4.78, 5) is 5.96. The average Bonchev–Trinajstić information content (AvgIpc) is 2.54. The highest BCUT2D eigenvalue weighted by Crippen LogP contribution is 2.38. The van der Waals surface area contributed by atoms with Crippen LogP contribution in [0, 0.1) is 5.21 Å². The molecular formula is C12H15N3OS2. The number of hydrogen-bond acceptors (Lipinski definition) is 4. The number of hydroxylamine groups is 1. The lowest BCUT2D eigenvalue weighted by molar-refractivity contribution is -0.480. The third kappa shape index (κ3) is 2.35. The van der Waals surface area contributed by atoms with Crippen LogP contribution < -0.4 is 0 Å². The van der Waals surface area contributed by atoms with Crippen LogP contribution in [0.5, 0.6) is 0 Å². The Morgan fingerprint density at radius 2 is 2.33 bits per heavy atom. The first-order valence-electron chi connectivity index (χ1n) is 5.58. The normalized spacial score (nSPS) is 23.5. The number of thioether (sulfide) groups is 1. The van der Waals surface area contributed by atoms with E-state index in [2.05, 4.69) is 4.98 Å². The van der Waals surface area contributed by atoms with Gasteiger partial charge >= 0.3 is 0 Å². The number of aromatic nitrogens is 1. The molecule has 0 saturated carbocycles. The van der Waals surface area contributed by atoms with E-state index < -0.39 is 0 Å². The summed E-state index contributed by atoms with van der Waals surface area (Å²) in [5.41, 5.74) is 0.506. The van der Waals surface area contributed by atoms with E-state index in [0.29, 0.717) is 0 Å². The van der Waals surface area contributed by atoms with Crippen LogP contribution in [-0.4, -0.2) is 43.1 Å². The largest absolute Gasteiger partial charge is 0.623 e. The van der Waals surface area contributed by atoms with Crippen molar-refractivity contribution in [1.29, 1.82) is 0 Å². The molecule has 4 nitrogen and oxygen atoms in total. The maximum atomic E-state index is 12.2. The number of thiocarbonyl (C=S) groups is 1. The van der Waals surface area contributed by atoms with Crippen molar-refractivity contribution in [2.75, 3.05) is 7.05 Å². The van der Waals surface area contributed by atoms with Crippen LogP contribution in [0.2, 0.25) is 0 Å². The topological polar surface area (TPSA) is 42.2 Å². The van der Waals surface area contributed by atoms with Crippen molar-refractivity contribution < 1.29 is 4.74 Å². The summed E-state index contributed by atoms with van der Waals surface area (Å²) in [6, 6.07) is 3.66. The second kappa shape index (κ2) is 4.85. The van der Waals surface area contributed by atoms with Gasteiger partial charge in [0, 0.05) is 19.4 Å². The van der Waals surface area contributed by atoms with Crippen LogP contribution in [0.1, 0.15) is 19.4 Å². The lowest BCUT2D eigenvalue weighted by Crippen LogP contribution is -2.47. The van der Waals surface area contributed by atoms with Gasteiger partial charge in [-0.05, 0) is 37.7 Å². The van der Waals surface area contributed by atoms with Crippen LogP contribution >= 0.6 is 24.0 Å². The summed E-state index contributed by atoms with van der Waals surface area (Å²) in [5, 5.41) is 12.0. The molecule has 18 heavy (non-hydrogen) atoms. The van der Waals surface area contributed by atoms with Crippen molar-refractivity contribution >= 4 is 34.5 Å². The fraction of sp³-hybridized carbons (Fsp3) is 0.417. The summed E-state index contributed by atoms with van der Waals surface area (Å²) in [7, 11) is 1.92. The highest BCUT2D eigenvalue weighted by molar-refractivity contribution is 8.23. The van der Waals surface area contributed by atoms with Crippen molar-refractivity contribution in [1.82, 2.24) is 9.88 Å². The minimum atomic E-state index is -0.289. The molecule has 6 heteroatoms. The Labute approximate surface area is 116 Å². The molecule has 0 bridgehead atoms. The number of nitrogens with zero attached hydrogens (tertiary/aromatic N) is 3. The third-order valence-electron chi connectivity index (χ3n) is 3.15. The molecule has 1 aliphatic heterocycles. The van der Waals surface area contributed by atoms with Gasteiger partial charge < -0.3 is 10.1 Å². The molecule has 96 valence electrons.